The van der Waals surface area contributed by atoms with E-state index in [9.17, 15) is 9.59 Å². The average Bonchev–Trinajstić information content (AvgIpc) is 3.16. The lowest BCUT2D eigenvalue weighted by Gasteiger charge is -2.27. The number of aryl methyl sites for hydroxylation is 1. The molecule has 0 spiro atoms. The normalized spacial score (nSPS) is 10.7. The summed E-state index contributed by atoms with van der Waals surface area (Å²) < 4.78 is 5.13. The average molecular weight is 422 g/mol. The second-order valence-electron chi connectivity index (χ2n) is 7.31. The fraction of sp³-hybridized carbons (Fsp3) is 0.304. The van der Waals surface area contributed by atoms with Crippen molar-refractivity contribution in [1.29, 1.82) is 0 Å². The predicted octanol–water partition coefficient (Wildman–Crippen LogP) is 3.61. The van der Waals surface area contributed by atoms with E-state index in [1.54, 1.807) is 6.92 Å². The fourth-order valence-electron chi connectivity index (χ4n) is 3.22. The Morgan fingerprint density at radius 1 is 1.06 bits per heavy atom. The number of amides is 1. The summed E-state index contributed by atoms with van der Waals surface area (Å²) in [4.78, 5) is 28.2. The van der Waals surface area contributed by atoms with Crippen molar-refractivity contribution in [2.24, 2.45) is 0 Å². The molecule has 8 nitrogen and oxygen atoms in total. The number of ether oxygens (including phenoxy) is 1. The minimum absolute atomic E-state index is 0.0781. The van der Waals surface area contributed by atoms with Crippen LogP contribution in [0.3, 0.4) is 0 Å². The van der Waals surface area contributed by atoms with Crippen molar-refractivity contribution < 1.29 is 14.3 Å². The number of carbonyl (C=O) groups excluding carboxylic acids is 2. The number of aromatic nitrogens is 3. The zero-order valence-electron chi connectivity index (χ0n) is 18.2. The van der Waals surface area contributed by atoms with Crippen LogP contribution in [0.25, 0.3) is 5.69 Å². The molecule has 0 aliphatic rings. The number of para-hydroxylation sites is 1. The zero-order valence-corrected chi connectivity index (χ0v) is 18.2. The minimum Gasteiger partial charge on any atom is -0.451 e. The molecule has 1 N–H and O–H groups in total. The van der Waals surface area contributed by atoms with Gasteiger partial charge < -0.3 is 15.0 Å². The van der Waals surface area contributed by atoms with E-state index < -0.39 is 18.5 Å². The van der Waals surface area contributed by atoms with E-state index >= 15 is 0 Å². The highest BCUT2D eigenvalue weighted by Crippen LogP contribution is 2.20. The number of hydrogen-bond acceptors (Lipinski definition) is 6. The van der Waals surface area contributed by atoms with Crippen LogP contribution < -0.4 is 10.2 Å². The number of hydrogen-bond donors (Lipinski definition) is 1. The van der Waals surface area contributed by atoms with Crippen molar-refractivity contribution in [3.8, 4) is 5.69 Å². The molecule has 0 radical (unpaired) electrons. The molecular formula is C23H27N5O3. The van der Waals surface area contributed by atoms with E-state index in [0.29, 0.717) is 17.4 Å². The van der Waals surface area contributed by atoms with Crippen LogP contribution >= 0.6 is 0 Å². The van der Waals surface area contributed by atoms with Gasteiger partial charge in [0.25, 0.3) is 5.91 Å². The van der Waals surface area contributed by atoms with Crippen LogP contribution in [0.5, 0.6) is 0 Å². The van der Waals surface area contributed by atoms with Gasteiger partial charge in [0, 0.05) is 24.0 Å². The number of benzene rings is 2. The second-order valence-corrected chi connectivity index (χ2v) is 7.31. The Labute approximate surface area is 181 Å². The predicted molar refractivity (Wildman–Crippen MR) is 120 cm³/mol. The van der Waals surface area contributed by atoms with Crippen molar-refractivity contribution in [3.05, 3.63) is 66.0 Å². The van der Waals surface area contributed by atoms with E-state index in [2.05, 4.69) is 41.2 Å². The molecule has 0 aliphatic heterocycles. The lowest BCUT2D eigenvalue weighted by Crippen LogP contribution is -2.30. The van der Waals surface area contributed by atoms with E-state index in [4.69, 9.17) is 4.74 Å². The summed E-state index contributed by atoms with van der Waals surface area (Å²) in [7, 11) is 0. The Kier molecular flexibility index (Phi) is 7.02. The molecular weight excluding hydrogens is 394 g/mol. The molecule has 3 aromatic rings. The van der Waals surface area contributed by atoms with Crippen molar-refractivity contribution in [2.75, 3.05) is 23.4 Å². The van der Waals surface area contributed by atoms with Gasteiger partial charge in [0.15, 0.2) is 12.3 Å². The van der Waals surface area contributed by atoms with Gasteiger partial charge in [-0.1, -0.05) is 18.2 Å². The van der Waals surface area contributed by atoms with Gasteiger partial charge in [0.2, 0.25) is 0 Å². The molecule has 0 saturated heterocycles. The number of nitrogens with zero attached hydrogens (tertiary/aromatic N) is 4. The van der Waals surface area contributed by atoms with Crippen LogP contribution in [0.2, 0.25) is 0 Å². The number of nitrogens with one attached hydrogen (secondary N) is 1. The van der Waals surface area contributed by atoms with E-state index in [1.807, 2.05) is 54.6 Å². The Bertz CT molecular complexity index is 1030. The first-order valence-electron chi connectivity index (χ1n) is 10.2. The molecule has 1 amide bonds. The molecule has 0 atom stereocenters. The monoisotopic (exact) mass is 421 g/mol. The molecule has 0 fully saturated rings. The first kappa shape index (κ1) is 22.0. The van der Waals surface area contributed by atoms with Crippen LogP contribution in [-0.2, 0) is 9.53 Å². The quantitative estimate of drug-likeness (QED) is 0.559. The number of rotatable bonds is 8. The Morgan fingerprint density at radius 3 is 2.35 bits per heavy atom. The van der Waals surface area contributed by atoms with Crippen LogP contribution in [0, 0.1) is 6.92 Å². The maximum Gasteiger partial charge on any atom is 0.361 e. The van der Waals surface area contributed by atoms with E-state index in [1.165, 1.54) is 4.80 Å². The van der Waals surface area contributed by atoms with Gasteiger partial charge in [0.05, 0.1) is 11.4 Å². The van der Waals surface area contributed by atoms with Gasteiger partial charge in [-0.25, -0.2) is 4.79 Å². The molecule has 0 unspecified atom stereocenters. The highest BCUT2D eigenvalue weighted by molar-refractivity contribution is 5.95. The van der Waals surface area contributed by atoms with E-state index in [0.717, 1.165) is 17.9 Å². The number of carbonyl (C=O) groups is 2. The smallest absolute Gasteiger partial charge is 0.361 e. The van der Waals surface area contributed by atoms with Crippen LogP contribution in [0.1, 0.15) is 37.0 Å². The number of anilines is 2. The van der Waals surface area contributed by atoms with Crippen LogP contribution in [-0.4, -0.2) is 46.1 Å². The third-order valence-corrected chi connectivity index (χ3v) is 4.74. The topological polar surface area (TPSA) is 89.4 Å². The van der Waals surface area contributed by atoms with Crippen molar-refractivity contribution in [3.63, 3.8) is 0 Å². The molecule has 8 heteroatoms. The summed E-state index contributed by atoms with van der Waals surface area (Å²) in [6, 6.07) is 17.2. The van der Waals surface area contributed by atoms with Crippen LogP contribution in [0.15, 0.2) is 54.6 Å². The minimum atomic E-state index is -0.694. The maximum absolute atomic E-state index is 12.4. The maximum atomic E-state index is 12.4. The van der Waals surface area contributed by atoms with Gasteiger partial charge in [-0.05, 0) is 64.1 Å². The van der Waals surface area contributed by atoms with Gasteiger partial charge in [-0.2, -0.15) is 9.90 Å². The molecule has 0 bridgehead atoms. The summed E-state index contributed by atoms with van der Waals surface area (Å²) in [5.74, 6) is -1.12. The summed E-state index contributed by atoms with van der Waals surface area (Å²) in [5, 5.41) is 11.2. The third-order valence-electron chi connectivity index (χ3n) is 4.74. The summed E-state index contributed by atoms with van der Waals surface area (Å²) in [6.07, 6.45) is 0. The summed E-state index contributed by atoms with van der Waals surface area (Å²) in [5.41, 5.74) is 2.95. The van der Waals surface area contributed by atoms with E-state index in [-0.39, 0.29) is 5.69 Å². The van der Waals surface area contributed by atoms with Crippen molar-refractivity contribution in [2.45, 2.75) is 33.7 Å². The van der Waals surface area contributed by atoms with Crippen molar-refractivity contribution >= 4 is 23.3 Å². The second kappa shape index (κ2) is 9.88. The largest absolute Gasteiger partial charge is 0.451 e. The third kappa shape index (κ3) is 5.48. The fourth-order valence-corrected chi connectivity index (χ4v) is 3.22. The molecule has 162 valence electrons. The van der Waals surface area contributed by atoms with Gasteiger partial charge in [-0.3, -0.25) is 4.79 Å². The summed E-state index contributed by atoms with van der Waals surface area (Å²) >= 11 is 0. The molecule has 31 heavy (non-hydrogen) atoms. The van der Waals surface area contributed by atoms with Gasteiger partial charge in [-0.15, -0.1) is 5.10 Å². The molecule has 0 aliphatic carbocycles. The van der Waals surface area contributed by atoms with Gasteiger partial charge >= 0.3 is 5.97 Å². The number of esters is 1. The molecule has 3 rings (SSSR count). The Hall–Kier alpha value is -3.68. The molecule has 2 aromatic carbocycles. The Morgan fingerprint density at radius 2 is 1.74 bits per heavy atom. The standard InChI is InChI=1S/C23H27N5O3/c1-5-27(16(2)3)19-13-11-18(12-14-19)24-21(29)15-31-23(30)22-17(4)25-28(26-22)20-9-7-6-8-10-20/h6-14,16H,5,15H2,1-4H3,(H,24,29). The SMILES string of the molecule is CCN(c1ccc(NC(=O)COC(=O)c2nn(-c3ccccc3)nc2C)cc1)C(C)C. The van der Waals surface area contributed by atoms with Crippen LogP contribution in [0.4, 0.5) is 11.4 Å². The van der Waals surface area contributed by atoms with Crippen molar-refractivity contribution in [1.82, 2.24) is 15.0 Å². The Balaban J connectivity index is 1.56. The highest BCUT2D eigenvalue weighted by Gasteiger charge is 2.19. The highest BCUT2D eigenvalue weighted by atomic mass is 16.5. The lowest BCUT2D eigenvalue weighted by atomic mass is 10.2. The first-order valence-corrected chi connectivity index (χ1v) is 10.2. The summed E-state index contributed by atoms with van der Waals surface area (Å²) in [6.45, 7) is 8.52. The van der Waals surface area contributed by atoms with Gasteiger partial charge in [0.1, 0.15) is 0 Å². The molecule has 0 saturated carbocycles. The molecule has 1 heterocycles. The molecule has 1 aromatic heterocycles. The zero-order chi connectivity index (χ0) is 22.4. The first-order chi connectivity index (χ1) is 14.9. The lowest BCUT2D eigenvalue weighted by molar-refractivity contribution is -0.119.